The number of nitrogens with zero attached hydrogens (tertiary/aromatic N) is 1. The Morgan fingerprint density at radius 3 is 2.50 bits per heavy atom. The van der Waals surface area contributed by atoms with Crippen LogP contribution in [0.3, 0.4) is 0 Å². The SMILES string of the molecule is CCCc1cc(CNC(C)(C)C)cc(OC(C)CC)n1. The molecule has 0 saturated heterocycles. The first-order valence-corrected chi connectivity index (χ1v) is 7.75. The van der Waals surface area contributed by atoms with Gasteiger partial charge >= 0.3 is 0 Å². The summed E-state index contributed by atoms with van der Waals surface area (Å²) < 4.78 is 5.88. The average Bonchev–Trinajstić information content (AvgIpc) is 2.35. The number of hydrogen-bond acceptors (Lipinski definition) is 3. The Kier molecular flexibility index (Phi) is 6.47. The molecule has 3 nitrogen and oxygen atoms in total. The van der Waals surface area contributed by atoms with Crippen molar-refractivity contribution in [2.75, 3.05) is 0 Å². The van der Waals surface area contributed by atoms with Gasteiger partial charge in [0.25, 0.3) is 0 Å². The lowest BCUT2D eigenvalue weighted by atomic mass is 10.1. The van der Waals surface area contributed by atoms with E-state index in [0.717, 1.165) is 37.4 Å². The van der Waals surface area contributed by atoms with Crippen LogP contribution >= 0.6 is 0 Å². The highest BCUT2D eigenvalue weighted by Crippen LogP contribution is 2.17. The molecule has 20 heavy (non-hydrogen) atoms. The molecular weight excluding hydrogens is 248 g/mol. The van der Waals surface area contributed by atoms with E-state index in [1.165, 1.54) is 5.56 Å². The van der Waals surface area contributed by atoms with Gasteiger partial charge in [0.1, 0.15) is 0 Å². The van der Waals surface area contributed by atoms with Crippen LogP contribution in [-0.4, -0.2) is 16.6 Å². The zero-order chi connectivity index (χ0) is 15.2. The summed E-state index contributed by atoms with van der Waals surface area (Å²) in [5, 5.41) is 3.52. The maximum Gasteiger partial charge on any atom is 0.214 e. The Labute approximate surface area is 124 Å². The van der Waals surface area contributed by atoms with Crippen molar-refractivity contribution in [3.63, 3.8) is 0 Å². The Morgan fingerprint density at radius 1 is 1.25 bits per heavy atom. The lowest BCUT2D eigenvalue weighted by Crippen LogP contribution is -2.35. The highest BCUT2D eigenvalue weighted by molar-refractivity contribution is 5.25. The fourth-order valence-electron chi connectivity index (χ4n) is 1.82. The zero-order valence-electron chi connectivity index (χ0n) is 13.9. The predicted molar refractivity (Wildman–Crippen MR) is 85.2 cm³/mol. The summed E-state index contributed by atoms with van der Waals surface area (Å²) in [6.45, 7) is 13.8. The van der Waals surface area contributed by atoms with Gasteiger partial charge in [0.2, 0.25) is 5.88 Å². The van der Waals surface area contributed by atoms with Gasteiger partial charge in [0.15, 0.2) is 0 Å². The first-order chi connectivity index (χ1) is 9.34. The van der Waals surface area contributed by atoms with E-state index in [1.807, 2.05) is 0 Å². The van der Waals surface area contributed by atoms with Crippen LogP contribution in [0.25, 0.3) is 0 Å². The minimum absolute atomic E-state index is 0.117. The van der Waals surface area contributed by atoms with Crippen molar-refractivity contribution in [1.82, 2.24) is 10.3 Å². The van der Waals surface area contributed by atoms with Gasteiger partial charge in [-0.3, -0.25) is 0 Å². The molecule has 0 fully saturated rings. The molecular formula is C17H30N2O. The van der Waals surface area contributed by atoms with E-state index in [1.54, 1.807) is 0 Å². The standard InChI is InChI=1S/C17H30N2O/c1-7-9-15-10-14(12-18-17(4,5)6)11-16(19-15)20-13(3)8-2/h10-11,13,18H,7-9,12H2,1-6H3. The van der Waals surface area contributed by atoms with Crippen molar-refractivity contribution >= 4 is 0 Å². The van der Waals surface area contributed by atoms with Crippen molar-refractivity contribution < 1.29 is 4.74 Å². The summed E-state index contributed by atoms with van der Waals surface area (Å²) in [7, 11) is 0. The number of nitrogens with one attached hydrogen (secondary N) is 1. The van der Waals surface area contributed by atoms with Crippen molar-refractivity contribution in [3.8, 4) is 5.88 Å². The molecule has 1 rings (SSSR count). The van der Waals surface area contributed by atoms with Crippen LogP contribution in [0.15, 0.2) is 12.1 Å². The largest absolute Gasteiger partial charge is 0.475 e. The molecule has 0 aromatic carbocycles. The summed E-state index contributed by atoms with van der Waals surface area (Å²) in [5.41, 5.74) is 2.49. The summed E-state index contributed by atoms with van der Waals surface area (Å²) in [6.07, 6.45) is 3.31. The number of ether oxygens (including phenoxy) is 1. The molecule has 0 aliphatic carbocycles. The summed E-state index contributed by atoms with van der Waals surface area (Å²) in [5.74, 6) is 0.760. The maximum absolute atomic E-state index is 5.88. The van der Waals surface area contributed by atoms with Gasteiger partial charge in [-0.1, -0.05) is 20.3 Å². The lowest BCUT2D eigenvalue weighted by Gasteiger charge is -2.21. The molecule has 0 spiro atoms. The molecule has 1 atom stereocenters. The van der Waals surface area contributed by atoms with Crippen LogP contribution in [0.1, 0.15) is 65.6 Å². The van der Waals surface area contributed by atoms with Gasteiger partial charge in [0, 0.05) is 23.8 Å². The predicted octanol–water partition coefficient (Wildman–Crippen LogP) is 4.10. The molecule has 1 N–H and O–H groups in total. The molecule has 0 radical (unpaired) electrons. The highest BCUT2D eigenvalue weighted by Gasteiger charge is 2.11. The van der Waals surface area contributed by atoms with Crippen molar-refractivity contribution in [1.29, 1.82) is 0 Å². The topological polar surface area (TPSA) is 34.1 Å². The first-order valence-electron chi connectivity index (χ1n) is 7.75. The Balaban J connectivity index is 2.86. The molecule has 0 bridgehead atoms. The zero-order valence-corrected chi connectivity index (χ0v) is 13.9. The minimum Gasteiger partial charge on any atom is -0.475 e. The minimum atomic E-state index is 0.117. The molecule has 0 aliphatic heterocycles. The lowest BCUT2D eigenvalue weighted by molar-refractivity contribution is 0.208. The third-order valence-corrected chi connectivity index (χ3v) is 3.14. The molecule has 0 amide bonds. The fourth-order valence-corrected chi connectivity index (χ4v) is 1.82. The smallest absolute Gasteiger partial charge is 0.214 e. The van der Waals surface area contributed by atoms with Crippen LogP contribution in [0.4, 0.5) is 0 Å². The van der Waals surface area contributed by atoms with Gasteiger partial charge in [-0.15, -0.1) is 0 Å². The summed E-state index contributed by atoms with van der Waals surface area (Å²) >= 11 is 0. The molecule has 0 saturated carbocycles. The Bertz CT molecular complexity index is 410. The number of aryl methyl sites for hydroxylation is 1. The van der Waals surface area contributed by atoms with Gasteiger partial charge in [-0.2, -0.15) is 0 Å². The van der Waals surface area contributed by atoms with Gasteiger partial charge in [-0.25, -0.2) is 4.98 Å². The van der Waals surface area contributed by atoms with Crippen LogP contribution in [0, 0.1) is 0 Å². The maximum atomic E-state index is 5.88. The molecule has 0 aliphatic rings. The van der Waals surface area contributed by atoms with E-state index in [9.17, 15) is 0 Å². The average molecular weight is 278 g/mol. The highest BCUT2D eigenvalue weighted by atomic mass is 16.5. The number of rotatable bonds is 7. The number of hydrogen-bond donors (Lipinski definition) is 1. The number of pyridine rings is 1. The van der Waals surface area contributed by atoms with Crippen LogP contribution in [0.5, 0.6) is 5.88 Å². The normalized spacial score (nSPS) is 13.3. The van der Waals surface area contributed by atoms with E-state index >= 15 is 0 Å². The first kappa shape index (κ1) is 17.0. The van der Waals surface area contributed by atoms with E-state index in [4.69, 9.17) is 4.74 Å². The van der Waals surface area contributed by atoms with E-state index in [-0.39, 0.29) is 11.6 Å². The van der Waals surface area contributed by atoms with Gasteiger partial charge in [-0.05, 0) is 52.2 Å². The molecule has 1 heterocycles. The van der Waals surface area contributed by atoms with E-state index in [2.05, 4.69) is 64.0 Å². The van der Waals surface area contributed by atoms with E-state index in [0.29, 0.717) is 0 Å². The molecule has 1 unspecified atom stereocenters. The summed E-state index contributed by atoms with van der Waals surface area (Å²) in [6, 6.07) is 4.25. The van der Waals surface area contributed by atoms with Crippen molar-refractivity contribution in [2.24, 2.45) is 0 Å². The van der Waals surface area contributed by atoms with Crippen LogP contribution in [-0.2, 0) is 13.0 Å². The second kappa shape index (κ2) is 7.63. The second-order valence-corrected chi connectivity index (χ2v) is 6.50. The van der Waals surface area contributed by atoms with Crippen LogP contribution in [0.2, 0.25) is 0 Å². The van der Waals surface area contributed by atoms with Gasteiger partial charge in [0.05, 0.1) is 6.10 Å². The number of aromatic nitrogens is 1. The molecule has 1 aromatic rings. The van der Waals surface area contributed by atoms with Crippen molar-refractivity contribution in [2.45, 2.75) is 79.0 Å². The quantitative estimate of drug-likeness (QED) is 0.815. The van der Waals surface area contributed by atoms with Crippen LogP contribution < -0.4 is 10.1 Å². The molecule has 3 heteroatoms. The van der Waals surface area contributed by atoms with E-state index < -0.39 is 0 Å². The fraction of sp³-hybridized carbons (Fsp3) is 0.706. The van der Waals surface area contributed by atoms with Crippen molar-refractivity contribution in [3.05, 3.63) is 23.4 Å². The monoisotopic (exact) mass is 278 g/mol. The van der Waals surface area contributed by atoms with Gasteiger partial charge < -0.3 is 10.1 Å². The third-order valence-electron chi connectivity index (χ3n) is 3.14. The molecule has 1 aromatic heterocycles. The second-order valence-electron chi connectivity index (χ2n) is 6.50. The Morgan fingerprint density at radius 2 is 1.95 bits per heavy atom. The molecule has 114 valence electrons. The Hall–Kier alpha value is -1.09. The third kappa shape index (κ3) is 6.38. The summed E-state index contributed by atoms with van der Waals surface area (Å²) in [4.78, 5) is 4.61.